The van der Waals surface area contributed by atoms with Gasteiger partial charge >= 0.3 is 0 Å². The van der Waals surface area contributed by atoms with Gasteiger partial charge in [-0.1, -0.05) is 31.4 Å². The Kier molecular flexibility index (Phi) is 3.81. The first-order valence-corrected chi connectivity index (χ1v) is 7.78. The highest BCUT2D eigenvalue weighted by Crippen LogP contribution is 2.60. The van der Waals surface area contributed by atoms with Gasteiger partial charge in [0.15, 0.2) is 0 Å². The van der Waals surface area contributed by atoms with Crippen LogP contribution in [0.3, 0.4) is 0 Å². The van der Waals surface area contributed by atoms with Crippen LogP contribution in [-0.4, -0.2) is 6.54 Å². The zero-order chi connectivity index (χ0) is 13.4. The van der Waals surface area contributed by atoms with Crippen LogP contribution in [0.5, 0.6) is 0 Å². The minimum Gasteiger partial charge on any atom is -0.310 e. The van der Waals surface area contributed by atoms with Gasteiger partial charge in [0.25, 0.3) is 0 Å². The molecule has 0 bridgehead atoms. The van der Waals surface area contributed by atoms with Crippen molar-refractivity contribution in [2.45, 2.75) is 38.6 Å². The summed E-state index contributed by atoms with van der Waals surface area (Å²) in [6, 6.07) is 4.96. The molecule has 19 heavy (non-hydrogen) atoms. The predicted molar refractivity (Wildman–Crippen MR) is 76.8 cm³/mol. The Morgan fingerprint density at radius 3 is 2.63 bits per heavy atom. The molecule has 3 rings (SSSR count). The van der Waals surface area contributed by atoms with Gasteiger partial charge in [-0.25, -0.2) is 4.39 Å². The largest absolute Gasteiger partial charge is 0.310 e. The van der Waals surface area contributed by atoms with Crippen LogP contribution >= 0.6 is 11.6 Å². The van der Waals surface area contributed by atoms with Crippen molar-refractivity contribution in [2.75, 3.05) is 6.54 Å². The van der Waals surface area contributed by atoms with Crippen LogP contribution in [0.4, 0.5) is 4.39 Å². The zero-order valence-electron chi connectivity index (χ0n) is 11.3. The summed E-state index contributed by atoms with van der Waals surface area (Å²) in [5.41, 5.74) is 0.947. The van der Waals surface area contributed by atoms with Gasteiger partial charge in [0, 0.05) is 11.1 Å². The third-order valence-electron chi connectivity index (χ3n) is 4.82. The van der Waals surface area contributed by atoms with E-state index in [1.54, 1.807) is 12.1 Å². The van der Waals surface area contributed by atoms with Crippen LogP contribution in [-0.2, 0) is 0 Å². The summed E-state index contributed by atoms with van der Waals surface area (Å²) < 4.78 is 13.5. The first kappa shape index (κ1) is 13.4. The van der Waals surface area contributed by atoms with E-state index >= 15 is 0 Å². The Morgan fingerprint density at radius 1 is 1.32 bits per heavy atom. The van der Waals surface area contributed by atoms with Gasteiger partial charge in [-0.3, -0.25) is 0 Å². The summed E-state index contributed by atoms with van der Waals surface area (Å²) in [6.45, 7) is 3.00. The van der Waals surface area contributed by atoms with E-state index in [1.807, 2.05) is 0 Å². The molecule has 0 aromatic heterocycles. The maximum atomic E-state index is 13.5. The van der Waals surface area contributed by atoms with Gasteiger partial charge in [-0.05, 0) is 60.9 Å². The Hall–Kier alpha value is -0.600. The van der Waals surface area contributed by atoms with Gasteiger partial charge in [-0.15, -0.1) is 0 Å². The minimum atomic E-state index is -0.189. The number of rotatable bonds is 4. The van der Waals surface area contributed by atoms with Crippen LogP contribution < -0.4 is 5.32 Å². The molecule has 1 N–H and O–H groups in total. The molecule has 1 aromatic carbocycles. The topological polar surface area (TPSA) is 12.0 Å². The molecule has 0 heterocycles. The second kappa shape index (κ2) is 5.41. The van der Waals surface area contributed by atoms with E-state index in [-0.39, 0.29) is 11.9 Å². The van der Waals surface area contributed by atoms with Gasteiger partial charge in [-0.2, -0.15) is 0 Å². The number of halogens is 2. The third-order valence-corrected chi connectivity index (χ3v) is 5.17. The van der Waals surface area contributed by atoms with Gasteiger partial charge < -0.3 is 5.32 Å². The highest BCUT2D eigenvalue weighted by atomic mass is 35.5. The summed E-state index contributed by atoms with van der Waals surface area (Å²) in [5.74, 6) is 2.13. The Morgan fingerprint density at radius 2 is 2.00 bits per heavy atom. The quantitative estimate of drug-likeness (QED) is 0.853. The molecular weight excluding hydrogens is 261 g/mol. The fraction of sp³-hybridized carbons (Fsp3) is 0.625. The summed E-state index contributed by atoms with van der Waals surface area (Å²) in [6.07, 6.45) is 5.38. The van der Waals surface area contributed by atoms with Crippen molar-refractivity contribution < 1.29 is 4.39 Å². The molecule has 0 radical (unpaired) electrons. The summed E-state index contributed by atoms with van der Waals surface area (Å²) in [4.78, 5) is 0. The fourth-order valence-electron chi connectivity index (χ4n) is 3.97. The number of fused-ring (bicyclic) bond motifs is 1. The number of nitrogens with one attached hydrogen (secondary N) is 1. The first-order chi connectivity index (χ1) is 9.22. The van der Waals surface area contributed by atoms with Crippen LogP contribution in [0.2, 0.25) is 5.02 Å². The van der Waals surface area contributed by atoms with Gasteiger partial charge in [0.1, 0.15) is 5.82 Å². The molecule has 2 saturated carbocycles. The van der Waals surface area contributed by atoms with Crippen molar-refractivity contribution in [3.63, 3.8) is 0 Å². The molecule has 3 atom stereocenters. The lowest BCUT2D eigenvalue weighted by molar-refractivity contribution is 0.454. The first-order valence-electron chi connectivity index (χ1n) is 7.40. The maximum Gasteiger partial charge on any atom is 0.123 e. The molecule has 0 amide bonds. The minimum absolute atomic E-state index is 0.189. The second-order valence-electron chi connectivity index (χ2n) is 5.89. The molecule has 3 unspecified atom stereocenters. The molecule has 1 nitrogen and oxygen atoms in total. The highest BCUT2D eigenvalue weighted by molar-refractivity contribution is 6.31. The predicted octanol–water partition coefficient (Wildman–Crippen LogP) is 4.57. The molecule has 2 fully saturated rings. The zero-order valence-corrected chi connectivity index (χ0v) is 12.1. The van der Waals surface area contributed by atoms with Crippen LogP contribution in [0.1, 0.15) is 44.2 Å². The van der Waals surface area contributed by atoms with Gasteiger partial charge in [0.05, 0.1) is 0 Å². The standard InChI is InChI=1S/C16H21ClFN/c1-2-19-16(13-9-10(18)7-8-14(13)17)15-11-5-3-4-6-12(11)15/h7-9,11-12,15-16,19H,2-6H2,1H3. The van der Waals surface area contributed by atoms with Crippen molar-refractivity contribution in [1.82, 2.24) is 5.32 Å². The van der Waals surface area contributed by atoms with Crippen molar-refractivity contribution in [3.05, 3.63) is 34.6 Å². The molecular formula is C16H21ClFN. The normalized spacial score (nSPS) is 30.8. The SMILES string of the molecule is CCNC(c1cc(F)ccc1Cl)C1C2CCCCC21. The lowest BCUT2D eigenvalue weighted by Crippen LogP contribution is -2.24. The van der Waals surface area contributed by atoms with Crippen LogP contribution in [0, 0.1) is 23.6 Å². The van der Waals surface area contributed by atoms with E-state index in [0.29, 0.717) is 10.9 Å². The Balaban J connectivity index is 1.86. The number of hydrogen-bond acceptors (Lipinski definition) is 1. The Bertz CT molecular complexity index is 450. The van der Waals surface area contributed by atoms with Crippen molar-refractivity contribution in [2.24, 2.45) is 17.8 Å². The van der Waals surface area contributed by atoms with Crippen molar-refractivity contribution in [1.29, 1.82) is 0 Å². The monoisotopic (exact) mass is 281 g/mol. The summed E-state index contributed by atoms with van der Waals surface area (Å²) in [7, 11) is 0. The molecule has 2 aliphatic rings. The van der Waals surface area contributed by atoms with Crippen LogP contribution in [0.25, 0.3) is 0 Å². The molecule has 0 saturated heterocycles. The van der Waals surface area contributed by atoms with Crippen LogP contribution in [0.15, 0.2) is 18.2 Å². The smallest absolute Gasteiger partial charge is 0.123 e. The lowest BCUT2D eigenvalue weighted by atomic mass is 9.99. The second-order valence-corrected chi connectivity index (χ2v) is 6.30. The average molecular weight is 282 g/mol. The van der Waals surface area contributed by atoms with E-state index in [0.717, 1.165) is 23.9 Å². The summed E-state index contributed by atoms with van der Waals surface area (Å²) in [5, 5.41) is 4.22. The van der Waals surface area contributed by atoms with E-state index in [4.69, 9.17) is 11.6 Å². The van der Waals surface area contributed by atoms with E-state index in [2.05, 4.69) is 12.2 Å². The molecule has 3 heteroatoms. The molecule has 104 valence electrons. The fourth-order valence-corrected chi connectivity index (χ4v) is 4.20. The van der Waals surface area contributed by atoms with Crippen molar-refractivity contribution in [3.8, 4) is 0 Å². The van der Waals surface area contributed by atoms with Crippen molar-refractivity contribution >= 4 is 11.6 Å². The maximum absolute atomic E-state index is 13.5. The van der Waals surface area contributed by atoms with Gasteiger partial charge in [0.2, 0.25) is 0 Å². The lowest BCUT2D eigenvalue weighted by Gasteiger charge is -2.20. The number of benzene rings is 1. The Labute approximate surface area is 119 Å². The molecule has 0 spiro atoms. The molecule has 1 aromatic rings. The van der Waals surface area contributed by atoms with E-state index in [1.165, 1.54) is 31.7 Å². The van der Waals surface area contributed by atoms with E-state index < -0.39 is 0 Å². The average Bonchev–Trinajstić information content (AvgIpc) is 3.13. The molecule has 0 aliphatic heterocycles. The summed E-state index contributed by atoms with van der Waals surface area (Å²) >= 11 is 6.29. The highest BCUT2D eigenvalue weighted by Gasteiger charge is 2.54. The molecule has 2 aliphatic carbocycles. The number of hydrogen-bond donors (Lipinski definition) is 1. The van der Waals surface area contributed by atoms with E-state index in [9.17, 15) is 4.39 Å². The third kappa shape index (κ3) is 2.53.